The number of nitrogens with zero attached hydrogens (tertiary/aromatic N) is 4. The Morgan fingerprint density at radius 2 is 1.87 bits per heavy atom. The van der Waals surface area contributed by atoms with Crippen LogP contribution in [0.15, 0.2) is 36.4 Å². The van der Waals surface area contributed by atoms with Crippen LogP contribution in [0, 0.1) is 6.92 Å². The Morgan fingerprint density at radius 3 is 2.50 bits per heavy atom. The fourth-order valence-electron chi connectivity index (χ4n) is 3.53. The Labute approximate surface area is 177 Å². The molecule has 1 aromatic heterocycles. The molecule has 0 spiro atoms. The van der Waals surface area contributed by atoms with Gasteiger partial charge in [0.05, 0.1) is 25.9 Å². The minimum absolute atomic E-state index is 0.311. The highest BCUT2D eigenvalue weighted by atomic mass is 16.6. The molecule has 1 atom stereocenters. The molecule has 2 aromatic rings. The molecular weight excluding hydrogens is 384 g/mol. The summed E-state index contributed by atoms with van der Waals surface area (Å²) in [5.41, 5.74) is 1.39. The summed E-state index contributed by atoms with van der Waals surface area (Å²) in [7, 11) is 1.33. The van der Waals surface area contributed by atoms with Gasteiger partial charge in [-0.3, -0.25) is 4.90 Å². The molecule has 1 aromatic carbocycles. The highest BCUT2D eigenvalue weighted by Gasteiger charge is 2.39. The average Bonchev–Trinajstić information content (AvgIpc) is 3.06. The number of carbonyl (C=O) groups is 2. The van der Waals surface area contributed by atoms with Gasteiger partial charge < -0.3 is 14.4 Å². The molecule has 3 rings (SSSR count). The van der Waals surface area contributed by atoms with E-state index in [1.807, 2.05) is 35.9 Å². The number of hydrogen-bond acceptors (Lipinski definition) is 6. The van der Waals surface area contributed by atoms with Crippen molar-refractivity contribution in [3.8, 4) is 0 Å². The zero-order valence-electron chi connectivity index (χ0n) is 18.3. The molecule has 30 heavy (non-hydrogen) atoms. The number of piperazine rings is 1. The molecule has 162 valence electrons. The molecule has 0 aliphatic carbocycles. The van der Waals surface area contributed by atoms with Gasteiger partial charge in [-0.05, 0) is 33.3 Å². The van der Waals surface area contributed by atoms with Crippen LogP contribution in [0.25, 0.3) is 0 Å². The number of amides is 1. The Hall–Kier alpha value is -3.03. The van der Waals surface area contributed by atoms with Crippen LogP contribution >= 0.6 is 0 Å². The largest absolute Gasteiger partial charge is 0.467 e. The quantitative estimate of drug-likeness (QED) is 0.716. The summed E-state index contributed by atoms with van der Waals surface area (Å²) in [6.45, 7) is 9.21. The number of hydrogen-bond donors (Lipinski definition) is 0. The molecule has 8 heteroatoms. The SMILES string of the molecule is COC(=O)[C@@H]1CN(c2cc(C)nn2Cc2ccccc2)CCN1C(=O)OC(C)(C)C. The number of aromatic nitrogens is 2. The molecule has 0 unspecified atom stereocenters. The predicted molar refractivity (Wildman–Crippen MR) is 113 cm³/mol. The Kier molecular flexibility index (Phi) is 6.34. The summed E-state index contributed by atoms with van der Waals surface area (Å²) >= 11 is 0. The van der Waals surface area contributed by atoms with Crippen LogP contribution in [0.3, 0.4) is 0 Å². The number of anilines is 1. The number of aryl methyl sites for hydroxylation is 1. The normalized spacial score (nSPS) is 17.0. The number of methoxy groups -OCH3 is 1. The first-order valence-corrected chi connectivity index (χ1v) is 10.1. The second kappa shape index (κ2) is 8.77. The summed E-state index contributed by atoms with van der Waals surface area (Å²) in [4.78, 5) is 28.7. The van der Waals surface area contributed by atoms with Crippen molar-refractivity contribution in [3.05, 3.63) is 47.7 Å². The monoisotopic (exact) mass is 414 g/mol. The topological polar surface area (TPSA) is 76.9 Å². The van der Waals surface area contributed by atoms with E-state index >= 15 is 0 Å². The van der Waals surface area contributed by atoms with Crippen LogP contribution in [0.4, 0.5) is 10.6 Å². The van der Waals surface area contributed by atoms with Gasteiger partial charge in [-0.25, -0.2) is 14.3 Å². The average molecular weight is 415 g/mol. The van der Waals surface area contributed by atoms with Crippen molar-refractivity contribution in [2.24, 2.45) is 0 Å². The lowest BCUT2D eigenvalue weighted by molar-refractivity contribution is -0.147. The molecule has 1 fully saturated rings. The van der Waals surface area contributed by atoms with E-state index < -0.39 is 23.7 Å². The van der Waals surface area contributed by atoms with Gasteiger partial charge in [-0.15, -0.1) is 0 Å². The van der Waals surface area contributed by atoms with Crippen molar-refractivity contribution in [2.75, 3.05) is 31.6 Å². The zero-order chi connectivity index (χ0) is 21.9. The fourth-order valence-corrected chi connectivity index (χ4v) is 3.53. The maximum Gasteiger partial charge on any atom is 0.411 e. The van der Waals surface area contributed by atoms with Crippen LogP contribution in [0.2, 0.25) is 0 Å². The van der Waals surface area contributed by atoms with Crippen molar-refractivity contribution in [3.63, 3.8) is 0 Å². The molecule has 1 saturated heterocycles. The van der Waals surface area contributed by atoms with E-state index in [4.69, 9.17) is 9.47 Å². The van der Waals surface area contributed by atoms with Crippen LogP contribution in [-0.2, 0) is 20.8 Å². The second-order valence-electron chi connectivity index (χ2n) is 8.45. The molecule has 0 radical (unpaired) electrons. The number of benzene rings is 1. The lowest BCUT2D eigenvalue weighted by atomic mass is 10.1. The highest BCUT2D eigenvalue weighted by Crippen LogP contribution is 2.24. The van der Waals surface area contributed by atoms with E-state index in [0.29, 0.717) is 26.2 Å². The third-order valence-electron chi connectivity index (χ3n) is 4.86. The molecule has 1 aliphatic heterocycles. The molecule has 1 aliphatic rings. The van der Waals surface area contributed by atoms with Gasteiger partial charge in [0.1, 0.15) is 11.4 Å². The fraction of sp³-hybridized carbons (Fsp3) is 0.500. The molecule has 2 heterocycles. The smallest absolute Gasteiger partial charge is 0.411 e. The van der Waals surface area contributed by atoms with Gasteiger partial charge in [-0.1, -0.05) is 30.3 Å². The Bertz CT molecular complexity index is 888. The maximum atomic E-state index is 12.7. The van der Waals surface area contributed by atoms with Crippen molar-refractivity contribution < 1.29 is 19.1 Å². The van der Waals surface area contributed by atoms with Crippen LogP contribution < -0.4 is 4.90 Å². The van der Waals surface area contributed by atoms with Crippen LogP contribution in [-0.4, -0.2) is 65.1 Å². The summed E-state index contributed by atoms with van der Waals surface area (Å²) in [6, 6.07) is 11.3. The molecule has 0 saturated carbocycles. The Morgan fingerprint density at radius 1 is 1.17 bits per heavy atom. The second-order valence-corrected chi connectivity index (χ2v) is 8.45. The molecular formula is C22H30N4O4. The predicted octanol–water partition coefficient (Wildman–Crippen LogP) is 2.84. The number of ether oxygens (including phenoxy) is 2. The van der Waals surface area contributed by atoms with Gasteiger partial charge in [0, 0.05) is 19.2 Å². The van der Waals surface area contributed by atoms with Crippen molar-refractivity contribution >= 4 is 17.9 Å². The standard InChI is InChI=1S/C22H30N4O4/c1-16-13-19(26(23-16)14-17-9-7-6-8-10-17)24-11-12-25(18(15-24)20(27)29-5)21(28)30-22(2,3)4/h6-10,13,18H,11-12,14-15H2,1-5H3/t18-/m0/s1. The van der Waals surface area contributed by atoms with Gasteiger partial charge >= 0.3 is 12.1 Å². The molecule has 0 N–H and O–H groups in total. The van der Waals surface area contributed by atoms with Gasteiger partial charge in [0.15, 0.2) is 6.04 Å². The summed E-state index contributed by atoms with van der Waals surface area (Å²) in [6.07, 6.45) is -0.508. The number of rotatable bonds is 4. The summed E-state index contributed by atoms with van der Waals surface area (Å²) in [5, 5.41) is 4.63. The van der Waals surface area contributed by atoms with E-state index in [1.54, 1.807) is 20.8 Å². The van der Waals surface area contributed by atoms with Gasteiger partial charge in [0.2, 0.25) is 0 Å². The minimum Gasteiger partial charge on any atom is -0.467 e. The minimum atomic E-state index is -0.751. The van der Waals surface area contributed by atoms with E-state index in [1.165, 1.54) is 12.0 Å². The van der Waals surface area contributed by atoms with E-state index in [2.05, 4.69) is 22.1 Å². The highest BCUT2D eigenvalue weighted by molar-refractivity contribution is 5.82. The number of esters is 1. The van der Waals surface area contributed by atoms with Gasteiger partial charge in [-0.2, -0.15) is 5.10 Å². The molecule has 0 bridgehead atoms. The van der Waals surface area contributed by atoms with Crippen LogP contribution in [0.5, 0.6) is 0 Å². The summed E-state index contributed by atoms with van der Waals surface area (Å²) in [5.74, 6) is 0.450. The lowest BCUT2D eigenvalue weighted by Gasteiger charge is -2.41. The first kappa shape index (κ1) is 21.7. The first-order chi connectivity index (χ1) is 14.2. The maximum absolute atomic E-state index is 12.7. The number of carbonyl (C=O) groups excluding carboxylic acids is 2. The van der Waals surface area contributed by atoms with Crippen molar-refractivity contribution in [1.29, 1.82) is 0 Å². The Balaban J connectivity index is 1.82. The van der Waals surface area contributed by atoms with E-state index in [-0.39, 0.29) is 0 Å². The van der Waals surface area contributed by atoms with Crippen molar-refractivity contribution in [2.45, 2.75) is 45.9 Å². The van der Waals surface area contributed by atoms with E-state index in [0.717, 1.165) is 17.1 Å². The van der Waals surface area contributed by atoms with Crippen molar-refractivity contribution in [1.82, 2.24) is 14.7 Å². The zero-order valence-corrected chi connectivity index (χ0v) is 18.3. The molecule has 1 amide bonds. The third-order valence-corrected chi connectivity index (χ3v) is 4.86. The first-order valence-electron chi connectivity index (χ1n) is 10.1. The van der Waals surface area contributed by atoms with Crippen LogP contribution in [0.1, 0.15) is 32.0 Å². The van der Waals surface area contributed by atoms with E-state index in [9.17, 15) is 9.59 Å². The molecule has 8 nitrogen and oxygen atoms in total. The lowest BCUT2D eigenvalue weighted by Crippen LogP contribution is -2.59. The van der Waals surface area contributed by atoms with Gasteiger partial charge in [0.25, 0.3) is 0 Å². The third kappa shape index (κ3) is 5.11. The summed E-state index contributed by atoms with van der Waals surface area (Å²) < 4.78 is 12.4.